The molecule has 0 aromatic heterocycles. The van der Waals surface area contributed by atoms with Crippen LogP contribution in [0.4, 0.5) is 5.69 Å². The van der Waals surface area contributed by atoms with Crippen molar-refractivity contribution in [3.8, 4) is 0 Å². The molecule has 0 radical (unpaired) electrons. The molecule has 0 amide bonds. The Bertz CT molecular complexity index is 639. The van der Waals surface area contributed by atoms with E-state index < -0.39 is 10.2 Å². The van der Waals surface area contributed by atoms with Gasteiger partial charge in [0.05, 0.1) is 4.92 Å². The molecule has 0 aliphatic carbocycles. The molecule has 0 N–H and O–H groups in total. The van der Waals surface area contributed by atoms with Crippen molar-refractivity contribution in [2.24, 2.45) is 0 Å². The molecule has 0 atom stereocenters. The van der Waals surface area contributed by atoms with Gasteiger partial charge < -0.3 is 0 Å². The zero-order valence-corrected chi connectivity index (χ0v) is 13.5. The Morgan fingerprint density at radius 1 is 1.18 bits per heavy atom. The number of rotatable bonds is 5. The van der Waals surface area contributed by atoms with Crippen molar-refractivity contribution < 1.29 is 13.3 Å². The fourth-order valence-electron chi connectivity index (χ4n) is 2.41. The fraction of sp³-hybridized carbons (Fsp3) is 0.538. The first-order chi connectivity index (χ1) is 10.3. The van der Waals surface area contributed by atoms with Crippen molar-refractivity contribution >= 4 is 15.9 Å². The van der Waals surface area contributed by atoms with Crippen molar-refractivity contribution in [2.75, 3.05) is 40.3 Å². The first-order valence-corrected chi connectivity index (χ1v) is 8.34. The summed E-state index contributed by atoms with van der Waals surface area (Å²) in [7, 11) is -0.368. The molecule has 9 heteroatoms. The third-order valence-corrected chi connectivity index (χ3v) is 5.64. The van der Waals surface area contributed by atoms with E-state index in [-0.39, 0.29) is 10.6 Å². The number of piperazine rings is 1. The summed E-state index contributed by atoms with van der Waals surface area (Å²) in [5.74, 6) is 0. The van der Waals surface area contributed by atoms with E-state index in [2.05, 4.69) is 0 Å². The number of nitro groups is 1. The molecule has 122 valence electrons. The average molecular weight is 328 g/mol. The molecule has 0 spiro atoms. The van der Waals surface area contributed by atoms with Gasteiger partial charge in [0.1, 0.15) is 0 Å². The molecule has 1 heterocycles. The average Bonchev–Trinajstić information content (AvgIpc) is 2.48. The van der Waals surface area contributed by atoms with Gasteiger partial charge in [-0.25, -0.2) is 0 Å². The smallest absolute Gasteiger partial charge is 0.281 e. The largest absolute Gasteiger partial charge is 0.296 e. The van der Waals surface area contributed by atoms with Crippen molar-refractivity contribution in [2.45, 2.75) is 6.54 Å². The highest BCUT2D eigenvalue weighted by atomic mass is 32.2. The van der Waals surface area contributed by atoms with Crippen LogP contribution < -0.4 is 0 Å². The monoisotopic (exact) mass is 328 g/mol. The van der Waals surface area contributed by atoms with Crippen LogP contribution in [0.15, 0.2) is 24.3 Å². The number of para-hydroxylation sites is 1. The minimum Gasteiger partial charge on any atom is -0.296 e. The minimum absolute atomic E-state index is 0.103. The van der Waals surface area contributed by atoms with Crippen molar-refractivity contribution in [3.63, 3.8) is 0 Å². The summed E-state index contributed by atoms with van der Waals surface area (Å²) in [6.07, 6.45) is 0. The van der Waals surface area contributed by atoms with Gasteiger partial charge in [0, 0.05) is 58.4 Å². The molecule has 0 unspecified atom stereocenters. The van der Waals surface area contributed by atoms with Gasteiger partial charge in [-0.15, -0.1) is 0 Å². The summed E-state index contributed by atoms with van der Waals surface area (Å²) in [4.78, 5) is 12.7. The molecule has 1 aliphatic rings. The lowest BCUT2D eigenvalue weighted by atomic mass is 10.1. The van der Waals surface area contributed by atoms with Gasteiger partial charge in [0.2, 0.25) is 0 Å². The maximum absolute atomic E-state index is 12.0. The van der Waals surface area contributed by atoms with E-state index in [1.807, 2.05) is 4.90 Å². The maximum Gasteiger partial charge on any atom is 0.281 e. The minimum atomic E-state index is -3.39. The zero-order chi connectivity index (χ0) is 16.3. The van der Waals surface area contributed by atoms with Gasteiger partial charge in [-0.1, -0.05) is 18.2 Å². The first-order valence-electron chi connectivity index (χ1n) is 6.94. The molecule has 22 heavy (non-hydrogen) atoms. The maximum atomic E-state index is 12.0. The summed E-state index contributed by atoms with van der Waals surface area (Å²) >= 11 is 0. The Morgan fingerprint density at radius 2 is 1.77 bits per heavy atom. The standard InChI is InChI=1S/C13H20N4O4S/c1-14(2)22(20,21)16-9-7-15(8-10-16)11-12-5-3-4-6-13(12)17(18)19/h3-6H,7-11H2,1-2H3. The van der Waals surface area contributed by atoms with E-state index in [9.17, 15) is 18.5 Å². The van der Waals surface area contributed by atoms with Gasteiger partial charge in [0.25, 0.3) is 15.9 Å². The summed E-state index contributed by atoms with van der Waals surface area (Å²) < 4.78 is 26.7. The highest BCUT2D eigenvalue weighted by Crippen LogP contribution is 2.20. The predicted octanol–water partition coefficient (Wildman–Crippen LogP) is 0.519. The number of hydrogen-bond acceptors (Lipinski definition) is 5. The third-order valence-electron chi connectivity index (χ3n) is 3.70. The molecule has 0 saturated carbocycles. The first kappa shape index (κ1) is 16.8. The molecule has 1 saturated heterocycles. The molecule has 0 bridgehead atoms. The highest BCUT2D eigenvalue weighted by Gasteiger charge is 2.29. The van der Waals surface area contributed by atoms with Crippen LogP contribution in [-0.2, 0) is 16.8 Å². The fourth-order valence-corrected chi connectivity index (χ4v) is 3.50. The topological polar surface area (TPSA) is 87.0 Å². The molecule has 1 fully saturated rings. The quantitative estimate of drug-likeness (QED) is 0.581. The van der Waals surface area contributed by atoms with E-state index in [0.29, 0.717) is 38.3 Å². The Morgan fingerprint density at radius 3 is 2.32 bits per heavy atom. The molecule has 1 aromatic rings. The van der Waals surface area contributed by atoms with E-state index in [0.717, 1.165) is 0 Å². The van der Waals surface area contributed by atoms with Crippen LogP contribution >= 0.6 is 0 Å². The second kappa shape index (κ2) is 6.69. The Labute approximate surface area is 130 Å². The van der Waals surface area contributed by atoms with E-state index in [1.165, 1.54) is 28.8 Å². The van der Waals surface area contributed by atoms with E-state index in [4.69, 9.17) is 0 Å². The lowest BCUT2D eigenvalue weighted by Gasteiger charge is -2.35. The second-order valence-electron chi connectivity index (χ2n) is 5.35. The van der Waals surface area contributed by atoms with E-state index >= 15 is 0 Å². The van der Waals surface area contributed by atoms with Crippen molar-refractivity contribution in [1.29, 1.82) is 0 Å². The van der Waals surface area contributed by atoms with Gasteiger partial charge >= 0.3 is 0 Å². The molecular formula is C13H20N4O4S. The molecular weight excluding hydrogens is 308 g/mol. The normalized spacial score (nSPS) is 17.8. The number of nitrogens with zero attached hydrogens (tertiary/aromatic N) is 4. The van der Waals surface area contributed by atoms with Crippen LogP contribution in [0.2, 0.25) is 0 Å². The van der Waals surface area contributed by atoms with Crippen molar-refractivity contribution in [3.05, 3.63) is 39.9 Å². The summed E-state index contributed by atoms with van der Waals surface area (Å²) in [5, 5.41) is 11.0. The molecule has 8 nitrogen and oxygen atoms in total. The summed E-state index contributed by atoms with van der Waals surface area (Å²) in [5.41, 5.74) is 0.752. The number of hydrogen-bond donors (Lipinski definition) is 0. The van der Waals surface area contributed by atoms with Crippen LogP contribution in [0.1, 0.15) is 5.56 Å². The van der Waals surface area contributed by atoms with Gasteiger partial charge in [-0.05, 0) is 0 Å². The van der Waals surface area contributed by atoms with Crippen LogP contribution in [-0.4, -0.2) is 67.1 Å². The molecule has 1 aromatic carbocycles. The predicted molar refractivity (Wildman–Crippen MR) is 82.6 cm³/mol. The van der Waals surface area contributed by atoms with Gasteiger partial charge in [-0.2, -0.15) is 17.0 Å². The summed E-state index contributed by atoms with van der Waals surface area (Å²) in [6.45, 7) is 2.34. The SMILES string of the molecule is CN(C)S(=O)(=O)N1CCN(Cc2ccccc2[N+](=O)[O-])CC1. The van der Waals surface area contributed by atoms with Gasteiger partial charge in [-0.3, -0.25) is 15.0 Å². The van der Waals surface area contributed by atoms with Crippen LogP contribution in [0.5, 0.6) is 0 Å². The molecule has 2 rings (SSSR count). The van der Waals surface area contributed by atoms with E-state index in [1.54, 1.807) is 18.2 Å². The van der Waals surface area contributed by atoms with Crippen LogP contribution in [0, 0.1) is 10.1 Å². The second-order valence-corrected chi connectivity index (χ2v) is 7.49. The van der Waals surface area contributed by atoms with Crippen molar-refractivity contribution in [1.82, 2.24) is 13.5 Å². The van der Waals surface area contributed by atoms with Crippen LogP contribution in [0.25, 0.3) is 0 Å². The Hall–Kier alpha value is -1.55. The lowest BCUT2D eigenvalue weighted by Crippen LogP contribution is -2.51. The third kappa shape index (κ3) is 3.61. The zero-order valence-electron chi connectivity index (χ0n) is 12.7. The Balaban J connectivity index is 2.01. The highest BCUT2D eigenvalue weighted by molar-refractivity contribution is 7.86. The lowest BCUT2D eigenvalue weighted by molar-refractivity contribution is -0.385. The summed E-state index contributed by atoms with van der Waals surface area (Å²) in [6, 6.07) is 6.64. The molecule has 1 aliphatic heterocycles. The Kier molecular flexibility index (Phi) is 5.12. The van der Waals surface area contributed by atoms with Gasteiger partial charge in [0.15, 0.2) is 0 Å². The number of benzene rings is 1. The van der Waals surface area contributed by atoms with Crippen LogP contribution in [0.3, 0.4) is 0 Å². The number of nitro benzene ring substituents is 1.